The summed E-state index contributed by atoms with van der Waals surface area (Å²) < 4.78 is 5.13. The van der Waals surface area contributed by atoms with Gasteiger partial charge in [-0.3, -0.25) is 14.5 Å². The molecule has 27 heavy (non-hydrogen) atoms. The second-order valence-electron chi connectivity index (χ2n) is 6.58. The molecule has 6 heteroatoms. The average Bonchev–Trinajstić information content (AvgIpc) is 3.16. The van der Waals surface area contributed by atoms with Crippen molar-refractivity contribution in [3.8, 4) is 5.75 Å². The minimum absolute atomic E-state index is 0.0267. The van der Waals surface area contributed by atoms with Crippen LogP contribution in [0.3, 0.4) is 0 Å². The Balaban J connectivity index is 1.50. The second-order valence-corrected chi connectivity index (χ2v) is 6.58. The van der Waals surface area contributed by atoms with E-state index in [0.717, 1.165) is 36.5 Å². The third-order valence-electron chi connectivity index (χ3n) is 4.71. The maximum absolute atomic E-state index is 12.6. The molecule has 2 amide bonds. The number of amides is 2. The third-order valence-corrected chi connectivity index (χ3v) is 4.71. The van der Waals surface area contributed by atoms with Crippen molar-refractivity contribution in [2.75, 3.05) is 30.8 Å². The Labute approximate surface area is 159 Å². The van der Waals surface area contributed by atoms with Crippen LogP contribution in [0.4, 0.5) is 11.4 Å². The Morgan fingerprint density at radius 3 is 2.44 bits per heavy atom. The Morgan fingerprint density at radius 1 is 1.04 bits per heavy atom. The first-order chi connectivity index (χ1) is 13.2. The van der Waals surface area contributed by atoms with Crippen LogP contribution in [0.15, 0.2) is 54.6 Å². The monoisotopic (exact) mass is 367 g/mol. The zero-order valence-electron chi connectivity index (χ0n) is 15.5. The summed E-state index contributed by atoms with van der Waals surface area (Å²) in [7, 11) is 1.61. The largest absolute Gasteiger partial charge is 0.497 e. The van der Waals surface area contributed by atoms with Crippen LogP contribution in [0, 0.1) is 0 Å². The van der Waals surface area contributed by atoms with Crippen LogP contribution in [0.1, 0.15) is 19.3 Å². The van der Waals surface area contributed by atoms with Crippen molar-refractivity contribution >= 4 is 23.2 Å². The lowest BCUT2D eigenvalue weighted by atomic mass is 10.2. The van der Waals surface area contributed by atoms with E-state index in [1.54, 1.807) is 7.11 Å². The van der Waals surface area contributed by atoms with Crippen molar-refractivity contribution in [3.63, 3.8) is 0 Å². The van der Waals surface area contributed by atoms with Gasteiger partial charge in [-0.25, -0.2) is 0 Å². The maximum Gasteiger partial charge on any atom is 0.241 e. The summed E-state index contributed by atoms with van der Waals surface area (Å²) in [4.78, 5) is 26.9. The molecule has 1 aliphatic heterocycles. The van der Waals surface area contributed by atoms with E-state index >= 15 is 0 Å². The highest BCUT2D eigenvalue weighted by Gasteiger charge is 2.30. The molecule has 142 valence electrons. The van der Waals surface area contributed by atoms with Crippen molar-refractivity contribution in [2.45, 2.75) is 25.3 Å². The highest BCUT2D eigenvalue weighted by Crippen LogP contribution is 2.21. The first-order valence-electron chi connectivity index (χ1n) is 9.19. The van der Waals surface area contributed by atoms with Gasteiger partial charge in [0, 0.05) is 24.3 Å². The van der Waals surface area contributed by atoms with Gasteiger partial charge in [0.05, 0.1) is 13.2 Å². The molecule has 0 aromatic heterocycles. The number of methoxy groups -OCH3 is 1. The zero-order valence-corrected chi connectivity index (χ0v) is 15.5. The summed E-state index contributed by atoms with van der Waals surface area (Å²) in [6.45, 7) is 1.40. The SMILES string of the molecule is COc1ccc(NC(=O)C2CCCN2CCC(=O)Nc2ccccc2)cc1. The van der Waals surface area contributed by atoms with Crippen LogP contribution < -0.4 is 15.4 Å². The van der Waals surface area contributed by atoms with E-state index in [-0.39, 0.29) is 17.9 Å². The van der Waals surface area contributed by atoms with Gasteiger partial charge in [0.2, 0.25) is 11.8 Å². The summed E-state index contributed by atoms with van der Waals surface area (Å²) in [5.41, 5.74) is 1.53. The predicted molar refractivity (Wildman–Crippen MR) is 106 cm³/mol. The number of para-hydroxylation sites is 1. The van der Waals surface area contributed by atoms with Crippen LogP contribution in [-0.2, 0) is 9.59 Å². The molecular formula is C21H25N3O3. The normalized spacial score (nSPS) is 16.7. The first-order valence-corrected chi connectivity index (χ1v) is 9.19. The fourth-order valence-electron chi connectivity index (χ4n) is 3.28. The summed E-state index contributed by atoms with van der Waals surface area (Å²) in [6, 6.07) is 16.5. The Bertz CT molecular complexity index is 762. The van der Waals surface area contributed by atoms with Crippen molar-refractivity contribution in [3.05, 3.63) is 54.6 Å². The second kappa shape index (κ2) is 9.19. The van der Waals surface area contributed by atoms with E-state index in [9.17, 15) is 9.59 Å². The maximum atomic E-state index is 12.6. The van der Waals surface area contributed by atoms with E-state index in [4.69, 9.17) is 4.74 Å². The summed E-state index contributed by atoms with van der Waals surface area (Å²) >= 11 is 0. The number of hydrogen-bond donors (Lipinski definition) is 2. The molecule has 2 aromatic rings. The molecule has 1 aliphatic rings. The van der Waals surface area contributed by atoms with Crippen molar-refractivity contribution in [2.24, 2.45) is 0 Å². The number of hydrogen-bond acceptors (Lipinski definition) is 4. The van der Waals surface area contributed by atoms with Crippen LogP contribution in [-0.4, -0.2) is 43.0 Å². The number of nitrogens with one attached hydrogen (secondary N) is 2. The molecule has 1 saturated heterocycles. The molecule has 1 fully saturated rings. The molecule has 3 rings (SSSR count). The standard InChI is InChI=1S/C21H25N3O3/c1-27-18-11-9-17(10-12-18)23-21(26)19-8-5-14-24(19)15-13-20(25)22-16-6-3-2-4-7-16/h2-4,6-7,9-12,19H,5,8,13-15H2,1H3,(H,22,25)(H,23,26). The zero-order chi connectivity index (χ0) is 19.1. The van der Waals surface area contributed by atoms with E-state index in [2.05, 4.69) is 15.5 Å². The van der Waals surface area contributed by atoms with Gasteiger partial charge >= 0.3 is 0 Å². The van der Waals surface area contributed by atoms with Gasteiger partial charge in [-0.05, 0) is 55.8 Å². The average molecular weight is 367 g/mol. The van der Waals surface area contributed by atoms with E-state index in [0.29, 0.717) is 13.0 Å². The highest BCUT2D eigenvalue weighted by atomic mass is 16.5. The molecule has 1 heterocycles. The molecule has 6 nitrogen and oxygen atoms in total. The van der Waals surface area contributed by atoms with E-state index in [1.807, 2.05) is 54.6 Å². The number of benzene rings is 2. The Kier molecular flexibility index (Phi) is 6.44. The summed E-state index contributed by atoms with van der Waals surface area (Å²) in [5, 5.41) is 5.84. The molecule has 2 N–H and O–H groups in total. The molecule has 2 aromatic carbocycles. The Hall–Kier alpha value is -2.86. The fraction of sp³-hybridized carbons (Fsp3) is 0.333. The predicted octanol–water partition coefficient (Wildman–Crippen LogP) is 3.13. The third kappa shape index (κ3) is 5.31. The van der Waals surface area contributed by atoms with Crippen molar-refractivity contribution < 1.29 is 14.3 Å². The molecule has 1 atom stereocenters. The molecule has 1 unspecified atom stereocenters. The lowest BCUT2D eigenvalue weighted by Gasteiger charge is -2.23. The first kappa shape index (κ1) is 18.9. The van der Waals surface area contributed by atoms with Crippen molar-refractivity contribution in [1.29, 1.82) is 0 Å². The molecule has 0 saturated carbocycles. The van der Waals surface area contributed by atoms with Gasteiger partial charge in [0.1, 0.15) is 5.75 Å². The van der Waals surface area contributed by atoms with Gasteiger partial charge in [0.15, 0.2) is 0 Å². The number of nitrogens with zero attached hydrogens (tertiary/aromatic N) is 1. The van der Waals surface area contributed by atoms with Gasteiger partial charge in [-0.15, -0.1) is 0 Å². The molecule has 0 aliphatic carbocycles. The van der Waals surface area contributed by atoms with Crippen LogP contribution in [0.5, 0.6) is 5.75 Å². The number of anilines is 2. The van der Waals surface area contributed by atoms with Crippen LogP contribution in [0.2, 0.25) is 0 Å². The number of ether oxygens (including phenoxy) is 1. The Morgan fingerprint density at radius 2 is 1.74 bits per heavy atom. The lowest BCUT2D eigenvalue weighted by Crippen LogP contribution is -2.40. The summed E-state index contributed by atoms with van der Waals surface area (Å²) in [6.07, 6.45) is 2.13. The number of carbonyl (C=O) groups is 2. The van der Waals surface area contributed by atoms with Crippen LogP contribution >= 0.6 is 0 Å². The van der Waals surface area contributed by atoms with E-state index < -0.39 is 0 Å². The molecular weight excluding hydrogens is 342 g/mol. The molecule has 0 bridgehead atoms. The summed E-state index contributed by atoms with van der Waals surface area (Å²) in [5.74, 6) is 0.684. The smallest absolute Gasteiger partial charge is 0.241 e. The van der Waals surface area contributed by atoms with E-state index in [1.165, 1.54) is 0 Å². The van der Waals surface area contributed by atoms with Gasteiger partial charge in [-0.1, -0.05) is 18.2 Å². The molecule has 0 spiro atoms. The minimum Gasteiger partial charge on any atom is -0.497 e. The quantitative estimate of drug-likeness (QED) is 0.789. The number of likely N-dealkylation sites (tertiary alicyclic amines) is 1. The van der Waals surface area contributed by atoms with Gasteiger partial charge < -0.3 is 15.4 Å². The van der Waals surface area contributed by atoms with Crippen LogP contribution in [0.25, 0.3) is 0 Å². The van der Waals surface area contributed by atoms with Gasteiger partial charge in [0.25, 0.3) is 0 Å². The minimum atomic E-state index is -0.198. The molecule has 0 radical (unpaired) electrons. The van der Waals surface area contributed by atoms with Gasteiger partial charge in [-0.2, -0.15) is 0 Å². The number of carbonyl (C=O) groups excluding carboxylic acids is 2. The topological polar surface area (TPSA) is 70.7 Å². The number of rotatable bonds is 7. The van der Waals surface area contributed by atoms with Crippen molar-refractivity contribution in [1.82, 2.24) is 4.90 Å². The lowest BCUT2D eigenvalue weighted by molar-refractivity contribution is -0.121. The fourth-order valence-corrected chi connectivity index (χ4v) is 3.28. The highest BCUT2D eigenvalue weighted by molar-refractivity contribution is 5.95.